The van der Waals surface area contributed by atoms with Crippen molar-refractivity contribution < 1.29 is 14.3 Å². The molecule has 0 radical (unpaired) electrons. The molecular formula is C24H17NO3S. The minimum absolute atomic E-state index is 0.0398. The number of fused-ring (bicyclic) bond motifs is 1. The van der Waals surface area contributed by atoms with E-state index < -0.39 is 0 Å². The summed E-state index contributed by atoms with van der Waals surface area (Å²) in [4.78, 5) is 14.2. The maximum atomic E-state index is 12.6. The van der Waals surface area contributed by atoms with Crippen LogP contribution in [0.4, 0.5) is 0 Å². The number of hydrogen-bond acceptors (Lipinski definition) is 5. The molecule has 4 rings (SSSR count). The van der Waals surface area contributed by atoms with Crippen molar-refractivity contribution in [2.75, 3.05) is 7.11 Å². The van der Waals surface area contributed by atoms with Crippen LogP contribution in [0.2, 0.25) is 0 Å². The zero-order valence-electron chi connectivity index (χ0n) is 15.7. The van der Waals surface area contributed by atoms with E-state index in [1.165, 1.54) is 11.8 Å². The number of methoxy groups -OCH3 is 1. The van der Waals surface area contributed by atoms with Crippen molar-refractivity contribution >= 4 is 23.6 Å². The molecule has 0 bridgehead atoms. The van der Waals surface area contributed by atoms with Gasteiger partial charge in [-0.05, 0) is 42.0 Å². The van der Waals surface area contributed by atoms with Crippen molar-refractivity contribution in [2.24, 2.45) is 0 Å². The fourth-order valence-corrected chi connectivity index (χ4v) is 4.14. The van der Waals surface area contributed by atoms with E-state index in [-0.39, 0.29) is 12.4 Å². The highest BCUT2D eigenvalue weighted by atomic mass is 32.2. The molecule has 5 heteroatoms. The molecule has 0 unspecified atom stereocenters. The Kier molecular flexibility index (Phi) is 5.37. The van der Waals surface area contributed by atoms with Gasteiger partial charge < -0.3 is 9.47 Å². The van der Waals surface area contributed by atoms with Crippen molar-refractivity contribution in [1.29, 1.82) is 5.26 Å². The predicted molar refractivity (Wildman–Crippen MR) is 113 cm³/mol. The lowest BCUT2D eigenvalue weighted by atomic mass is 10.1. The first-order valence-electron chi connectivity index (χ1n) is 9.01. The van der Waals surface area contributed by atoms with Crippen molar-refractivity contribution in [2.45, 2.75) is 11.5 Å². The summed E-state index contributed by atoms with van der Waals surface area (Å²) < 4.78 is 11.4. The monoisotopic (exact) mass is 399 g/mol. The molecule has 0 amide bonds. The van der Waals surface area contributed by atoms with Crippen molar-refractivity contribution in [3.8, 4) is 17.6 Å². The minimum Gasteiger partial charge on any atom is -0.493 e. The summed E-state index contributed by atoms with van der Waals surface area (Å²) in [5, 5.41) is 9.21. The molecule has 3 aromatic carbocycles. The number of carbonyl (C=O) groups excluding carboxylic acids is 1. The fraction of sp³-hybridized carbons (Fsp3) is 0.0833. The summed E-state index contributed by atoms with van der Waals surface area (Å²) in [6, 6.07) is 22.7. The average molecular weight is 399 g/mol. The normalized spacial score (nSPS) is 13.8. The highest BCUT2D eigenvalue weighted by molar-refractivity contribution is 8.04. The summed E-state index contributed by atoms with van der Waals surface area (Å²) in [6.07, 6.45) is 1.87. The molecule has 3 aromatic rings. The van der Waals surface area contributed by atoms with Gasteiger partial charge in [-0.25, -0.2) is 0 Å². The lowest BCUT2D eigenvalue weighted by Crippen LogP contribution is -2.00. The third-order valence-corrected chi connectivity index (χ3v) is 5.68. The van der Waals surface area contributed by atoms with Gasteiger partial charge in [-0.3, -0.25) is 4.79 Å². The minimum atomic E-state index is 0.0398. The van der Waals surface area contributed by atoms with Crippen LogP contribution in [0, 0.1) is 11.3 Å². The molecule has 142 valence electrons. The van der Waals surface area contributed by atoms with E-state index in [0.717, 1.165) is 21.6 Å². The zero-order chi connectivity index (χ0) is 20.2. The molecule has 0 spiro atoms. The van der Waals surface area contributed by atoms with E-state index in [1.54, 1.807) is 13.2 Å². The van der Waals surface area contributed by atoms with Crippen LogP contribution in [0.1, 0.15) is 27.0 Å². The van der Waals surface area contributed by atoms with Gasteiger partial charge in [0, 0.05) is 16.0 Å². The van der Waals surface area contributed by atoms with Gasteiger partial charge in [-0.1, -0.05) is 48.2 Å². The number of nitrogens with zero attached hydrogens (tertiary/aromatic N) is 1. The second kappa shape index (κ2) is 8.26. The van der Waals surface area contributed by atoms with Crippen molar-refractivity contribution in [3.05, 3.63) is 93.9 Å². The Bertz CT molecular complexity index is 1160. The van der Waals surface area contributed by atoms with Crippen molar-refractivity contribution in [3.63, 3.8) is 0 Å². The van der Waals surface area contributed by atoms with Gasteiger partial charge in [0.2, 0.25) is 5.78 Å². The van der Waals surface area contributed by atoms with E-state index in [1.807, 2.05) is 66.7 Å². The third kappa shape index (κ3) is 3.89. The van der Waals surface area contributed by atoms with Crippen LogP contribution in [0.3, 0.4) is 0 Å². The smallest absolute Gasteiger partial charge is 0.200 e. The summed E-state index contributed by atoms with van der Waals surface area (Å²) in [5.41, 5.74) is 3.00. The number of thioether (sulfide) groups is 1. The highest BCUT2D eigenvalue weighted by Gasteiger charge is 2.25. The van der Waals surface area contributed by atoms with E-state index in [9.17, 15) is 10.1 Å². The number of rotatable bonds is 5. The van der Waals surface area contributed by atoms with Crippen LogP contribution >= 0.6 is 11.8 Å². The summed E-state index contributed by atoms with van der Waals surface area (Å²) >= 11 is 1.48. The highest BCUT2D eigenvalue weighted by Crippen LogP contribution is 2.41. The van der Waals surface area contributed by atoms with Crippen LogP contribution in [0.5, 0.6) is 11.5 Å². The van der Waals surface area contributed by atoms with Crippen LogP contribution in [-0.4, -0.2) is 12.9 Å². The van der Waals surface area contributed by atoms with Crippen LogP contribution in [0.25, 0.3) is 6.08 Å². The van der Waals surface area contributed by atoms with Gasteiger partial charge in [0.25, 0.3) is 0 Å². The summed E-state index contributed by atoms with van der Waals surface area (Å²) in [7, 11) is 1.58. The van der Waals surface area contributed by atoms with Gasteiger partial charge in [-0.15, -0.1) is 0 Å². The number of allylic oxidation sites excluding steroid dienone is 1. The molecule has 0 saturated carbocycles. The van der Waals surface area contributed by atoms with E-state index in [0.29, 0.717) is 22.0 Å². The Hall–Kier alpha value is -3.49. The molecule has 29 heavy (non-hydrogen) atoms. The SMILES string of the molecule is COc1cc(/C=C2/Sc3ccccc3C2=O)ccc1OCc1ccccc1C#N. The maximum Gasteiger partial charge on any atom is 0.200 e. The van der Waals surface area contributed by atoms with E-state index in [4.69, 9.17) is 9.47 Å². The van der Waals surface area contributed by atoms with Crippen LogP contribution in [0.15, 0.2) is 76.5 Å². The lowest BCUT2D eigenvalue weighted by Gasteiger charge is -2.12. The second-order valence-corrected chi connectivity index (χ2v) is 7.49. The molecule has 0 N–H and O–H groups in total. The Morgan fingerprint density at radius 3 is 2.62 bits per heavy atom. The van der Waals surface area contributed by atoms with Crippen LogP contribution in [-0.2, 0) is 6.61 Å². The fourth-order valence-electron chi connectivity index (χ4n) is 3.09. The Balaban J connectivity index is 1.55. The molecule has 0 aliphatic carbocycles. The number of nitriles is 1. The molecule has 1 aliphatic rings. The topological polar surface area (TPSA) is 59.3 Å². The Morgan fingerprint density at radius 2 is 1.83 bits per heavy atom. The molecule has 0 aromatic heterocycles. The average Bonchev–Trinajstić information content (AvgIpc) is 3.08. The zero-order valence-corrected chi connectivity index (χ0v) is 16.5. The molecule has 0 saturated heterocycles. The first-order chi connectivity index (χ1) is 14.2. The summed E-state index contributed by atoms with van der Waals surface area (Å²) in [6.45, 7) is 0.268. The van der Waals surface area contributed by atoms with Crippen LogP contribution < -0.4 is 9.47 Å². The van der Waals surface area contributed by atoms with Gasteiger partial charge in [-0.2, -0.15) is 5.26 Å². The van der Waals surface area contributed by atoms with E-state index >= 15 is 0 Å². The molecule has 1 heterocycles. The molecule has 1 aliphatic heterocycles. The van der Waals surface area contributed by atoms with Gasteiger partial charge in [0.1, 0.15) is 6.61 Å². The van der Waals surface area contributed by atoms with Gasteiger partial charge >= 0.3 is 0 Å². The Morgan fingerprint density at radius 1 is 1.03 bits per heavy atom. The lowest BCUT2D eigenvalue weighted by molar-refractivity contribution is 0.104. The van der Waals surface area contributed by atoms with E-state index in [2.05, 4.69) is 6.07 Å². The number of hydrogen-bond donors (Lipinski definition) is 0. The van der Waals surface area contributed by atoms with Crippen molar-refractivity contribution in [1.82, 2.24) is 0 Å². The number of ketones is 1. The van der Waals surface area contributed by atoms with Gasteiger partial charge in [0.15, 0.2) is 11.5 Å². The third-order valence-electron chi connectivity index (χ3n) is 4.58. The number of benzene rings is 3. The summed E-state index contributed by atoms with van der Waals surface area (Å²) in [5.74, 6) is 1.19. The number of Topliss-reactive ketones (excluding diaryl/α,β-unsaturated/α-hetero) is 1. The second-order valence-electron chi connectivity index (χ2n) is 6.40. The Labute approximate surface area is 173 Å². The first kappa shape index (κ1) is 18.9. The molecule has 4 nitrogen and oxygen atoms in total. The molecular weight excluding hydrogens is 382 g/mol. The molecule has 0 fully saturated rings. The van der Waals surface area contributed by atoms with Gasteiger partial charge in [0.05, 0.1) is 23.6 Å². The maximum absolute atomic E-state index is 12.6. The largest absolute Gasteiger partial charge is 0.493 e. The quantitative estimate of drug-likeness (QED) is 0.532. The standard InChI is InChI=1S/C24H17NO3S/c1-27-21-12-16(13-23-24(26)19-8-4-5-9-22(19)29-23)10-11-20(21)28-15-18-7-3-2-6-17(18)14-25/h2-13H,15H2,1H3/b23-13+. The number of ether oxygens (including phenoxy) is 2. The molecule has 0 atom stereocenters. The predicted octanol–water partition coefficient (Wildman–Crippen LogP) is 5.48. The number of carbonyl (C=O) groups is 1. The first-order valence-corrected chi connectivity index (χ1v) is 9.83.